The van der Waals surface area contributed by atoms with Crippen LogP contribution in [0.4, 0.5) is 0 Å². The van der Waals surface area contributed by atoms with Gasteiger partial charge in [0.25, 0.3) is 0 Å². The molecule has 2 rings (SSSR count). The third kappa shape index (κ3) is 2.42. The van der Waals surface area contributed by atoms with Crippen LogP contribution in [0.3, 0.4) is 0 Å². The molecule has 100 valence electrons. The summed E-state index contributed by atoms with van der Waals surface area (Å²) >= 11 is 0. The SMILES string of the molecule is CC(C)(C)c1nn2c(c1C(=O)O)CCCCCC2. The number of aromatic nitrogens is 2. The molecule has 0 atom stereocenters. The van der Waals surface area contributed by atoms with Gasteiger partial charge in [-0.2, -0.15) is 5.10 Å². The molecule has 4 nitrogen and oxygen atoms in total. The van der Waals surface area contributed by atoms with Gasteiger partial charge in [-0.1, -0.05) is 33.6 Å². The first-order chi connectivity index (χ1) is 8.41. The van der Waals surface area contributed by atoms with Crippen molar-refractivity contribution >= 4 is 5.97 Å². The molecule has 0 fully saturated rings. The zero-order valence-electron chi connectivity index (χ0n) is 11.5. The van der Waals surface area contributed by atoms with E-state index < -0.39 is 5.97 Å². The summed E-state index contributed by atoms with van der Waals surface area (Å²) in [4.78, 5) is 11.5. The Morgan fingerprint density at radius 2 is 1.89 bits per heavy atom. The van der Waals surface area contributed by atoms with E-state index in [0.717, 1.165) is 37.2 Å². The molecule has 1 aromatic heterocycles. The van der Waals surface area contributed by atoms with Crippen molar-refractivity contribution in [2.24, 2.45) is 0 Å². The van der Waals surface area contributed by atoms with Gasteiger partial charge in [-0.3, -0.25) is 4.68 Å². The number of carboxylic acids is 1. The number of hydrogen-bond acceptors (Lipinski definition) is 2. The summed E-state index contributed by atoms with van der Waals surface area (Å²) < 4.78 is 1.93. The van der Waals surface area contributed by atoms with Crippen molar-refractivity contribution < 1.29 is 9.90 Å². The van der Waals surface area contributed by atoms with E-state index in [2.05, 4.69) is 5.10 Å². The molecule has 0 aromatic carbocycles. The minimum Gasteiger partial charge on any atom is -0.478 e. The molecule has 0 saturated carbocycles. The Balaban J connectivity index is 2.55. The lowest BCUT2D eigenvalue weighted by Crippen LogP contribution is -2.17. The molecule has 1 aliphatic heterocycles. The molecule has 0 spiro atoms. The number of aromatic carboxylic acids is 1. The highest BCUT2D eigenvalue weighted by Crippen LogP contribution is 2.29. The first-order valence-electron chi connectivity index (χ1n) is 6.74. The van der Waals surface area contributed by atoms with E-state index in [0.29, 0.717) is 5.56 Å². The second kappa shape index (κ2) is 4.75. The van der Waals surface area contributed by atoms with E-state index >= 15 is 0 Å². The molecule has 0 aliphatic carbocycles. The van der Waals surface area contributed by atoms with Gasteiger partial charge in [0.05, 0.1) is 11.4 Å². The van der Waals surface area contributed by atoms with Crippen molar-refractivity contribution in [3.8, 4) is 0 Å². The number of rotatable bonds is 1. The molecule has 0 radical (unpaired) electrons. The number of carbonyl (C=O) groups is 1. The van der Waals surface area contributed by atoms with Crippen LogP contribution in [0.15, 0.2) is 0 Å². The molecule has 1 aromatic rings. The van der Waals surface area contributed by atoms with Crippen LogP contribution in [-0.4, -0.2) is 20.9 Å². The fraction of sp³-hybridized carbons (Fsp3) is 0.714. The number of hydrogen-bond donors (Lipinski definition) is 1. The number of carboxylic acid groups (broad SMARTS) is 1. The first kappa shape index (κ1) is 13.1. The minimum absolute atomic E-state index is 0.220. The molecule has 1 N–H and O–H groups in total. The molecule has 0 unspecified atom stereocenters. The van der Waals surface area contributed by atoms with Gasteiger partial charge in [-0.25, -0.2) is 4.79 Å². The number of aryl methyl sites for hydroxylation is 1. The third-order valence-electron chi connectivity index (χ3n) is 3.52. The highest BCUT2D eigenvalue weighted by atomic mass is 16.4. The fourth-order valence-electron chi connectivity index (χ4n) is 2.59. The monoisotopic (exact) mass is 250 g/mol. The normalized spacial score (nSPS) is 16.8. The number of nitrogens with zero attached hydrogens (tertiary/aromatic N) is 2. The molecule has 1 aliphatic rings. The Kier molecular flexibility index (Phi) is 3.46. The lowest BCUT2D eigenvalue weighted by Gasteiger charge is -2.16. The molecule has 18 heavy (non-hydrogen) atoms. The van der Waals surface area contributed by atoms with E-state index in [1.54, 1.807) is 0 Å². The van der Waals surface area contributed by atoms with Gasteiger partial charge in [0.2, 0.25) is 0 Å². The van der Waals surface area contributed by atoms with Crippen LogP contribution in [-0.2, 0) is 18.4 Å². The van der Waals surface area contributed by atoms with Crippen LogP contribution in [0.1, 0.15) is 68.2 Å². The highest BCUT2D eigenvalue weighted by Gasteiger charge is 2.30. The van der Waals surface area contributed by atoms with Crippen LogP contribution < -0.4 is 0 Å². The van der Waals surface area contributed by atoms with Crippen molar-refractivity contribution in [2.45, 2.75) is 64.8 Å². The van der Waals surface area contributed by atoms with Crippen LogP contribution in [0, 0.1) is 0 Å². The zero-order chi connectivity index (χ0) is 13.3. The predicted molar refractivity (Wildman–Crippen MR) is 70.1 cm³/mol. The fourth-order valence-corrected chi connectivity index (χ4v) is 2.59. The molecule has 0 bridgehead atoms. The van der Waals surface area contributed by atoms with Crippen molar-refractivity contribution in [2.75, 3.05) is 0 Å². The Bertz CT molecular complexity index is 455. The Labute approximate surface area is 108 Å². The van der Waals surface area contributed by atoms with Crippen molar-refractivity contribution in [3.63, 3.8) is 0 Å². The minimum atomic E-state index is -0.832. The summed E-state index contributed by atoms with van der Waals surface area (Å²) in [6.45, 7) is 6.92. The quantitative estimate of drug-likeness (QED) is 0.833. The second-order valence-electron chi connectivity index (χ2n) is 6.11. The molecular weight excluding hydrogens is 228 g/mol. The summed E-state index contributed by atoms with van der Waals surface area (Å²) in [5.74, 6) is -0.832. The van der Waals surface area contributed by atoms with Crippen LogP contribution in [0.25, 0.3) is 0 Å². The smallest absolute Gasteiger partial charge is 0.339 e. The molecule has 2 heterocycles. The Morgan fingerprint density at radius 1 is 1.22 bits per heavy atom. The molecule has 0 amide bonds. The van der Waals surface area contributed by atoms with Crippen molar-refractivity contribution in [1.82, 2.24) is 9.78 Å². The summed E-state index contributed by atoms with van der Waals surface area (Å²) in [5, 5.41) is 14.1. The van der Waals surface area contributed by atoms with Gasteiger partial charge in [0, 0.05) is 12.0 Å². The van der Waals surface area contributed by atoms with E-state index in [1.807, 2.05) is 25.5 Å². The Morgan fingerprint density at radius 3 is 2.50 bits per heavy atom. The van der Waals surface area contributed by atoms with E-state index in [-0.39, 0.29) is 5.41 Å². The first-order valence-corrected chi connectivity index (χ1v) is 6.74. The summed E-state index contributed by atoms with van der Waals surface area (Å²) in [5.41, 5.74) is 1.88. The number of fused-ring (bicyclic) bond motifs is 1. The van der Waals surface area contributed by atoms with E-state index in [9.17, 15) is 9.90 Å². The maximum atomic E-state index is 11.5. The molecule has 4 heteroatoms. The second-order valence-corrected chi connectivity index (χ2v) is 6.11. The van der Waals surface area contributed by atoms with Gasteiger partial charge in [-0.05, 0) is 19.3 Å². The van der Waals surface area contributed by atoms with Crippen LogP contribution in [0.2, 0.25) is 0 Å². The zero-order valence-corrected chi connectivity index (χ0v) is 11.5. The van der Waals surface area contributed by atoms with E-state index in [4.69, 9.17) is 0 Å². The summed E-state index contributed by atoms with van der Waals surface area (Å²) in [6.07, 6.45) is 5.40. The average molecular weight is 250 g/mol. The van der Waals surface area contributed by atoms with Gasteiger partial charge in [0.1, 0.15) is 5.56 Å². The highest BCUT2D eigenvalue weighted by molar-refractivity contribution is 5.90. The Hall–Kier alpha value is -1.32. The summed E-state index contributed by atoms with van der Waals surface area (Å²) in [7, 11) is 0. The summed E-state index contributed by atoms with van der Waals surface area (Å²) in [6, 6.07) is 0. The average Bonchev–Trinajstić information content (AvgIpc) is 2.55. The maximum absolute atomic E-state index is 11.5. The predicted octanol–water partition coefficient (Wildman–Crippen LogP) is 3.00. The van der Waals surface area contributed by atoms with Gasteiger partial charge in [0.15, 0.2) is 0 Å². The third-order valence-corrected chi connectivity index (χ3v) is 3.52. The lowest BCUT2D eigenvalue weighted by molar-refractivity contribution is 0.0692. The van der Waals surface area contributed by atoms with Crippen molar-refractivity contribution in [3.05, 3.63) is 17.0 Å². The standard InChI is InChI=1S/C14H22N2O2/c1-14(2,3)12-11(13(17)18)10-8-6-4-5-7-9-16(10)15-12/h4-9H2,1-3H3,(H,17,18). The lowest BCUT2D eigenvalue weighted by atomic mass is 9.88. The molecule has 0 saturated heterocycles. The van der Waals surface area contributed by atoms with Crippen LogP contribution in [0.5, 0.6) is 0 Å². The van der Waals surface area contributed by atoms with Gasteiger partial charge >= 0.3 is 5.97 Å². The largest absolute Gasteiger partial charge is 0.478 e. The van der Waals surface area contributed by atoms with Crippen molar-refractivity contribution in [1.29, 1.82) is 0 Å². The maximum Gasteiger partial charge on any atom is 0.339 e. The molecular formula is C14H22N2O2. The van der Waals surface area contributed by atoms with E-state index in [1.165, 1.54) is 12.8 Å². The van der Waals surface area contributed by atoms with Crippen LogP contribution >= 0.6 is 0 Å². The van der Waals surface area contributed by atoms with Gasteiger partial charge < -0.3 is 5.11 Å². The van der Waals surface area contributed by atoms with Gasteiger partial charge in [-0.15, -0.1) is 0 Å². The topological polar surface area (TPSA) is 55.1 Å².